The van der Waals surface area contributed by atoms with Crippen LogP contribution in [-0.2, 0) is 4.79 Å². The molecule has 0 radical (unpaired) electrons. The Labute approximate surface area is 126 Å². The number of piperidine rings is 1. The largest absolute Gasteiger partial charge is 0.481 e. The van der Waals surface area contributed by atoms with Gasteiger partial charge in [-0.05, 0) is 43.7 Å². The number of hydrogen-bond acceptors (Lipinski definition) is 3. The van der Waals surface area contributed by atoms with Gasteiger partial charge in [-0.1, -0.05) is 25.1 Å². The van der Waals surface area contributed by atoms with Gasteiger partial charge in [0, 0.05) is 19.7 Å². The van der Waals surface area contributed by atoms with E-state index in [-0.39, 0.29) is 12.5 Å². The summed E-state index contributed by atoms with van der Waals surface area (Å²) in [4.78, 5) is 14.5. The van der Waals surface area contributed by atoms with Gasteiger partial charge in [-0.3, -0.25) is 4.79 Å². The number of aliphatic hydroxyl groups is 1. The van der Waals surface area contributed by atoms with Crippen molar-refractivity contribution in [2.75, 3.05) is 19.7 Å². The summed E-state index contributed by atoms with van der Waals surface area (Å²) in [5, 5.41) is 9.07. The van der Waals surface area contributed by atoms with Crippen LogP contribution in [-0.4, -0.2) is 41.7 Å². The van der Waals surface area contributed by atoms with Gasteiger partial charge in [0.05, 0.1) is 0 Å². The van der Waals surface area contributed by atoms with Gasteiger partial charge in [0.2, 0.25) is 0 Å². The number of benzene rings is 1. The van der Waals surface area contributed by atoms with Crippen LogP contribution >= 0.6 is 0 Å². The summed E-state index contributed by atoms with van der Waals surface area (Å²) in [5.74, 6) is 1.23. The van der Waals surface area contributed by atoms with Crippen LogP contribution in [0.15, 0.2) is 30.3 Å². The van der Waals surface area contributed by atoms with E-state index in [1.165, 1.54) is 0 Å². The van der Waals surface area contributed by atoms with Crippen molar-refractivity contribution < 1.29 is 14.6 Å². The van der Waals surface area contributed by atoms with Gasteiger partial charge in [0.15, 0.2) is 6.10 Å². The maximum Gasteiger partial charge on any atom is 0.263 e. The molecular formula is C17H25NO3. The topological polar surface area (TPSA) is 49.8 Å². The third kappa shape index (κ3) is 4.46. The Bertz CT molecular complexity index is 433. The van der Waals surface area contributed by atoms with E-state index in [4.69, 9.17) is 9.84 Å². The molecule has 1 aromatic rings. The van der Waals surface area contributed by atoms with Crippen molar-refractivity contribution in [2.45, 2.75) is 38.7 Å². The molecule has 2 rings (SSSR count). The molecule has 4 heteroatoms. The van der Waals surface area contributed by atoms with E-state index < -0.39 is 6.10 Å². The number of aliphatic hydroxyl groups excluding tert-OH is 1. The standard InChI is InChI=1S/C17H25NO3/c1-2-16(21-15-8-4-3-5-9-15)17(20)18-11-6-7-14(13-18)10-12-19/h3-5,8-9,14,16,19H,2,6-7,10-13H2,1H3. The second-order valence-corrected chi connectivity index (χ2v) is 5.63. The van der Waals surface area contributed by atoms with E-state index in [0.717, 1.165) is 38.1 Å². The average Bonchev–Trinajstić information content (AvgIpc) is 2.53. The van der Waals surface area contributed by atoms with Gasteiger partial charge < -0.3 is 14.7 Å². The van der Waals surface area contributed by atoms with Gasteiger partial charge in [-0.25, -0.2) is 0 Å². The fraction of sp³-hybridized carbons (Fsp3) is 0.588. The first-order chi connectivity index (χ1) is 10.2. The van der Waals surface area contributed by atoms with E-state index in [9.17, 15) is 4.79 Å². The minimum absolute atomic E-state index is 0.0731. The number of amides is 1. The molecule has 1 aliphatic heterocycles. The number of para-hydroxylation sites is 1. The van der Waals surface area contributed by atoms with Crippen LogP contribution < -0.4 is 4.74 Å². The summed E-state index contributed by atoms with van der Waals surface area (Å²) in [6, 6.07) is 9.50. The molecule has 4 nitrogen and oxygen atoms in total. The predicted octanol–water partition coefficient (Wildman–Crippen LogP) is 2.47. The van der Waals surface area contributed by atoms with Crippen molar-refractivity contribution in [3.05, 3.63) is 30.3 Å². The zero-order valence-corrected chi connectivity index (χ0v) is 12.7. The highest BCUT2D eigenvalue weighted by atomic mass is 16.5. The Morgan fingerprint density at radius 1 is 1.43 bits per heavy atom. The maximum atomic E-state index is 12.6. The summed E-state index contributed by atoms with van der Waals surface area (Å²) < 4.78 is 5.83. The van der Waals surface area contributed by atoms with Crippen molar-refractivity contribution in [3.8, 4) is 5.75 Å². The van der Waals surface area contributed by atoms with Crippen LogP contribution in [0.2, 0.25) is 0 Å². The number of nitrogens with zero attached hydrogens (tertiary/aromatic N) is 1. The Hall–Kier alpha value is -1.55. The summed E-state index contributed by atoms with van der Waals surface area (Å²) in [5.41, 5.74) is 0. The lowest BCUT2D eigenvalue weighted by atomic mass is 9.94. The zero-order chi connectivity index (χ0) is 15.1. The van der Waals surface area contributed by atoms with Crippen molar-refractivity contribution in [1.82, 2.24) is 4.90 Å². The van der Waals surface area contributed by atoms with Gasteiger partial charge in [-0.2, -0.15) is 0 Å². The normalized spacial score (nSPS) is 20.1. The summed E-state index contributed by atoms with van der Waals surface area (Å²) in [6.45, 7) is 3.72. The molecule has 1 heterocycles. The van der Waals surface area contributed by atoms with Crippen LogP contribution in [0.4, 0.5) is 0 Å². The van der Waals surface area contributed by atoms with Crippen molar-refractivity contribution >= 4 is 5.91 Å². The van der Waals surface area contributed by atoms with Crippen molar-refractivity contribution in [2.24, 2.45) is 5.92 Å². The summed E-state index contributed by atoms with van der Waals surface area (Å²) in [6.07, 6.45) is 3.13. The predicted molar refractivity (Wildman–Crippen MR) is 82.2 cm³/mol. The first-order valence-corrected chi connectivity index (χ1v) is 7.86. The van der Waals surface area contributed by atoms with Gasteiger partial charge >= 0.3 is 0 Å². The summed E-state index contributed by atoms with van der Waals surface area (Å²) >= 11 is 0. The highest BCUT2D eigenvalue weighted by Crippen LogP contribution is 2.21. The van der Waals surface area contributed by atoms with Gasteiger partial charge in [0.1, 0.15) is 5.75 Å². The molecule has 0 saturated carbocycles. The average molecular weight is 291 g/mol. The fourth-order valence-corrected chi connectivity index (χ4v) is 2.86. The lowest BCUT2D eigenvalue weighted by Crippen LogP contribution is -2.46. The lowest BCUT2D eigenvalue weighted by Gasteiger charge is -2.34. The number of hydrogen-bond donors (Lipinski definition) is 1. The number of ether oxygens (including phenoxy) is 1. The number of rotatable bonds is 6. The van der Waals surface area contributed by atoms with Crippen molar-refractivity contribution in [3.63, 3.8) is 0 Å². The maximum absolute atomic E-state index is 12.6. The van der Waals surface area contributed by atoms with Crippen LogP contribution in [0.1, 0.15) is 32.6 Å². The molecular weight excluding hydrogens is 266 g/mol. The fourth-order valence-electron chi connectivity index (χ4n) is 2.86. The molecule has 1 aliphatic rings. The highest BCUT2D eigenvalue weighted by Gasteiger charge is 2.29. The molecule has 0 spiro atoms. The second-order valence-electron chi connectivity index (χ2n) is 5.63. The molecule has 2 unspecified atom stereocenters. The van der Waals surface area contributed by atoms with Crippen LogP contribution in [0.3, 0.4) is 0 Å². The Morgan fingerprint density at radius 2 is 2.19 bits per heavy atom. The van der Waals surface area contributed by atoms with Gasteiger partial charge in [-0.15, -0.1) is 0 Å². The van der Waals surface area contributed by atoms with E-state index in [2.05, 4.69) is 0 Å². The Balaban J connectivity index is 1.95. The molecule has 0 bridgehead atoms. The quantitative estimate of drug-likeness (QED) is 0.876. The lowest BCUT2D eigenvalue weighted by molar-refractivity contribution is -0.140. The minimum atomic E-state index is -0.416. The zero-order valence-electron chi connectivity index (χ0n) is 12.7. The first kappa shape index (κ1) is 15.8. The Morgan fingerprint density at radius 3 is 2.86 bits per heavy atom. The SMILES string of the molecule is CCC(Oc1ccccc1)C(=O)N1CCCC(CCO)C1. The van der Waals surface area contributed by atoms with E-state index in [1.54, 1.807) is 0 Å². The molecule has 1 amide bonds. The van der Waals surface area contributed by atoms with E-state index in [1.807, 2.05) is 42.2 Å². The number of likely N-dealkylation sites (tertiary alicyclic amines) is 1. The van der Waals surface area contributed by atoms with Crippen LogP contribution in [0.25, 0.3) is 0 Å². The molecule has 1 N–H and O–H groups in total. The van der Waals surface area contributed by atoms with Crippen LogP contribution in [0.5, 0.6) is 5.75 Å². The van der Waals surface area contributed by atoms with E-state index in [0.29, 0.717) is 12.3 Å². The third-order valence-electron chi connectivity index (χ3n) is 4.04. The molecule has 116 valence electrons. The smallest absolute Gasteiger partial charge is 0.263 e. The molecule has 1 aromatic carbocycles. The second kappa shape index (κ2) is 8.03. The molecule has 21 heavy (non-hydrogen) atoms. The molecule has 2 atom stereocenters. The highest BCUT2D eigenvalue weighted by molar-refractivity contribution is 5.81. The number of carbonyl (C=O) groups excluding carboxylic acids is 1. The van der Waals surface area contributed by atoms with Gasteiger partial charge in [0.25, 0.3) is 5.91 Å². The third-order valence-corrected chi connectivity index (χ3v) is 4.04. The first-order valence-electron chi connectivity index (χ1n) is 7.86. The van der Waals surface area contributed by atoms with E-state index >= 15 is 0 Å². The van der Waals surface area contributed by atoms with Crippen LogP contribution in [0, 0.1) is 5.92 Å². The number of carbonyl (C=O) groups is 1. The molecule has 0 aromatic heterocycles. The summed E-state index contributed by atoms with van der Waals surface area (Å²) in [7, 11) is 0. The minimum Gasteiger partial charge on any atom is -0.481 e. The Kier molecular flexibility index (Phi) is 6.05. The van der Waals surface area contributed by atoms with Crippen molar-refractivity contribution in [1.29, 1.82) is 0 Å². The molecule has 1 fully saturated rings. The molecule has 1 saturated heterocycles. The molecule has 0 aliphatic carbocycles. The monoisotopic (exact) mass is 291 g/mol.